The Bertz CT molecular complexity index is 886. The highest BCUT2D eigenvalue weighted by Crippen LogP contribution is 2.27. The van der Waals surface area contributed by atoms with Crippen molar-refractivity contribution in [1.29, 1.82) is 0 Å². The molecule has 3 aromatic rings. The summed E-state index contributed by atoms with van der Waals surface area (Å²) in [5, 5.41) is 2.91. The van der Waals surface area contributed by atoms with E-state index in [0.29, 0.717) is 23.6 Å². The Balaban J connectivity index is 1.72. The SMILES string of the molecule is COc1ccc(CNC(=O)c2ccc3nc(C)cn3c2)cc1OC. The number of rotatable bonds is 5. The zero-order chi connectivity index (χ0) is 17.1. The molecule has 0 atom stereocenters. The lowest BCUT2D eigenvalue weighted by Crippen LogP contribution is -2.23. The molecule has 0 bridgehead atoms. The summed E-state index contributed by atoms with van der Waals surface area (Å²) in [6, 6.07) is 9.16. The van der Waals surface area contributed by atoms with Gasteiger partial charge in [-0.15, -0.1) is 0 Å². The maximum atomic E-state index is 12.3. The Morgan fingerprint density at radius 3 is 2.67 bits per heavy atom. The molecule has 3 rings (SSSR count). The van der Waals surface area contributed by atoms with E-state index in [1.807, 2.05) is 41.8 Å². The van der Waals surface area contributed by atoms with Gasteiger partial charge in [0.2, 0.25) is 0 Å². The van der Waals surface area contributed by atoms with Gasteiger partial charge in [0, 0.05) is 18.9 Å². The number of carbonyl (C=O) groups is 1. The number of aryl methyl sites for hydroxylation is 1. The lowest BCUT2D eigenvalue weighted by Gasteiger charge is -2.10. The minimum Gasteiger partial charge on any atom is -0.493 e. The molecule has 0 aliphatic heterocycles. The minimum atomic E-state index is -0.141. The Morgan fingerprint density at radius 1 is 1.12 bits per heavy atom. The topological polar surface area (TPSA) is 64.9 Å². The number of benzene rings is 1. The maximum absolute atomic E-state index is 12.3. The average Bonchev–Trinajstić information content (AvgIpc) is 2.98. The molecule has 0 spiro atoms. The van der Waals surface area contributed by atoms with E-state index in [1.54, 1.807) is 26.5 Å². The summed E-state index contributed by atoms with van der Waals surface area (Å²) in [6.07, 6.45) is 3.67. The molecule has 2 aromatic heterocycles. The number of pyridine rings is 1. The van der Waals surface area contributed by atoms with E-state index in [4.69, 9.17) is 9.47 Å². The summed E-state index contributed by atoms with van der Waals surface area (Å²) in [4.78, 5) is 16.7. The van der Waals surface area contributed by atoms with Crippen LogP contribution in [0.5, 0.6) is 11.5 Å². The van der Waals surface area contributed by atoms with E-state index in [1.165, 1.54) is 0 Å². The summed E-state index contributed by atoms with van der Waals surface area (Å²) in [5.74, 6) is 1.16. The maximum Gasteiger partial charge on any atom is 0.253 e. The van der Waals surface area contributed by atoms with Gasteiger partial charge in [0.15, 0.2) is 11.5 Å². The minimum absolute atomic E-state index is 0.141. The van der Waals surface area contributed by atoms with Crippen LogP contribution in [0.3, 0.4) is 0 Å². The van der Waals surface area contributed by atoms with Gasteiger partial charge in [0.25, 0.3) is 5.91 Å². The summed E-state index contributed by atoms with van der Waals surface area (Å²) < 4.78 is 12.3. The molecule has 1 aromatic carbocycles. The van der Waals surface area contributed by atoms with Crippen molar-refractivity contribution < 1.29 is 14.3 Å². The van der Waals surface area contributed by atoms with Crippen LogP contribution in [0.1, 0.15) is 21.6 Å². The number of fused-ring (bicyclic) bond motifs is 1. The molecule has 0 unspecified atom stereocenters. The van der Waals surface area contributed by atoms with E-state index in [9.17, 15) is 4.79 Å². The third-order valence-electron chi connectivity index (χ3n) is 3.73. The Labute approximate surface area is 140 Å². The first-order chi connectivity index (χ1) is 11.6. The fraction of sp³-hybridized carbons (Fsp3) is 0.222. The van der Waals surface area contributed by atoms with Crippen molar-refractivity contribution in [1.82, 2.24) is 14.7 Å². The van der Waals surface area contributed by atoms with Gasteiger partial charge in [-0.25, -0.2) is 4.98 Å². The molecule has 6 nitrogen and oxygen atoms in total. The smallest absolute Gasteiger partial charge is 0.253 e. The van der Waals surface area contributed by atoms with Crippen molar-refractivity contribution in [2.45, 2.75) is 13.5 Å². The first-order valence-corrected chi connectivity index (χ1v) is 7.55. The predicted octanol–water partition coefficient (Wildman–Crippen LogP) is 2.59. The largest absolute Gasteiger partial charge is 0.493 e. The average molecular weight is 325 g/mol. The number of nitrogens with one attached hydrogen (secondary N) is 1. The molecule has 0 aliphatic rings. The van der Waals surface area contributed by atoms with Crippen molar-refractivity contribution in [3.8, 4) is 11.5 Å². The first-order valence-electron chi connectivity index (χ1n) is 7.55. The first kappa shape index (κ1) is 15.9. The molecular formula is C18H19N3O3. The van der Waals surface area contributed by atoms with Gasteiger partial charge in [-0.05, 0) is 36.8 Å². The molecular weight excluding hydrogens is 306 g/mol. The van der Waals surface area contributed by atoms with Gasteiger partial charge in [-0.2, -0.15) is 0 Å². The zero-order valence-electron chi connectivity index (χ0n) is 13.9. The van der Waals surface area contributed by atoms with Crippen LogP contribution >= 0.6 is 0 Å². The molecule has 24 heavy (non-hydrogen) atoms. The number of hydrogen-bond donors (Lipinski definition) is 1. The second-order valence-electron chi connectivity index (χ2n) is 5.44. The van der Waals surface area contributed by atoms with Crippen LogP contribution in [-0.4, -0.2) is 29.5 Å². The standard InChI is InChI=1S/C18H19N3O3/c1-12-10-21-11-14(5-7-17(21)20-12)18(22)19-9-13-4-6-15(23-2)16(8-13)24-3/h4-8,10-11H,9H2,1-3H3,(H,19,22). The van der Waals surface area contributed by atoms with Gasteiger partial charge in [0.05, 0.1) is 25.5 Å². The molecule has 0 saturated heterocycles. The second kappa shape index (κ2) is 6.62. The Kier molecular flexibility index (Phi) is 4.37. The predicted molar refractivity (Wildman–Crippen MR) is 90.6 cm³/mol. The molecule has 124 valence electrons. The Hall–Kier alpha value is -3.02. The van der Waals surface area contributed by atoms with Crippen LogP contribution in [-0.2, 0) is 6.54 Å². The zero-order valence-corrected chi connectivity index (χ0v) is 13.9. The fourth-order valence-corrected chi connectivity index (χ4v) is 2.53. The number of hydrogen-bond acceptors (Lipinski definition) is 4. The molecule has 1 N–H and O–H groups in total. The van der Waals surface area contributed by atoms with Crippen molar-refractivity contribution in [2.75, 3.05) is 14.2 Å². The summed E-state index contributed by atoms with van der Waals surface area (Å²) in [6.45, 7) is 2.32. The van der Waals surface area contributed by atoms with Crippen LogP contribution in [0.25, 0.3) is 5.65 Å². The van der Waals surface area contributed by atoms with Gasteiger partial charge in [0.1, 0.15) is 5.65 Å². The molecule has 6 heteroatoms. The van der Waals surface area contributed by atoms with Gasteiger partial charge < -0.3 is 19.2 Å². The number of nitrogens with zero attached hydrogens (tertiary/aromatic N) is 2. The van der Waals surface area contributed by atoms with Crippen molar-refractivity contribution in [3.63, 3.8) is 0 Å². The van der Waals surface area contributed by atoms with Crippen molar-refractivity contribution in [3.05, 3.63) is 59.5 Å². The molecule has 1 amide bonds. The lowest BCUT2D eigenvalue weighted by molar-refractivity contribution is 0.0950. The highest BCUT2D eigenvalue weighted by molar-refractivity contribution is 5.94. The highest BCUT2D eigenvalue weighted by atomic mass is 16.5. The molecule has 2 heterocycles. The van der Waals surface area contributed by atoms with Crippen LogP contribution in [0, 0.1) is 6.92 Å². The van der Waals surface area contributed by atoms with Crippen molar-refractivity contribution >= 4 is 11.6 Å². The molecule has 0 aliphatic carbocycles. The molecule has 0 saturated carbocycles. The highest BCUT2D eigenvalue weighted by Gasteiger charge is 2.09. The summed E-state index contributed by atoms with van der Waals surface area (Å²) in [7, 11) is 3.18. The van der Waals surface area contributed by atoms with Gasteiger partial charge in [-0.1, -0.05) is 6.07 Å². The number of imidazole rings is 1. The second-order valence-corrected chi connectivity index (χ2v) is 5.44. The third-order valence-corrected chi connectivity index (χ3v) is 3.73. The van der Waals surface area contributed by atoms with Crippen LogP contribution in [0.2, 0.25) is 0 Å². The third kappa shape index (κ3) is 3.17. The van der Waals surface area contributed by atoms with E-state index in [-0.39, 0.29) is 5.91 Å². The van der Waals surface area contributed by atoms with Gasteiger partial charge >= 0.3 is 0 Å². The molecule has 0 fully saturated rings. The monoisotopic (exact) mass is 325 g/mol. The van der Waals surface area contributed by atoms with E-state index < -0.39 is 0 Å². The van der Waals surface area contributed by atoms with E-state index in [2.05, 4.69) is 10.3 Å². The van der Waals surface area contributed by atoms with Gasteiger partial charge in [-0.3, -0.25) is 4.79 Å². The fourth-order valence-electron chi connectivity index (χ4n) is 2.53. The summed E-state index contributed by atoms with van der Waals surface area (Å²) in [5.41, 5.74) is 3.25. The van der Waals surface area contributed by atoms with E-state index in [0.717, 1.165) is 16.9 Å². The number of methoxy groups -OCH3 is 2. The number of ether oxygens (including phenoxy) is 2. The van der Waals surface area contributed by atoms with Crippen LogP contribution < -0.4 is 14.8 Å². The Morgan fingerprint density at radius 2 is 1.92 bits per heavy atom. The number of carbonyl (C=O) groups excluding carboxylic acids is 1. The van der Waals surface area contributed by atoms with Crippen LogP contribution in [0.4, 0.5) is 0 Å². The van der Waals surface area contributed by atoms with Crippen molar-refractivity contribution in [2.24, 2.45) is 0 Å². The van der Waals surface area contributed by atoms with Crippen LogP contribution in [0.15, 0.2) is 42.7 Å². The van der Waals surface area contributed by atoms with E-state index >= 15 is 0 Å². The number of amides is 1. The number of aromatic nitrogens is 2. The summed E-state index contributed by atoms with van der Waals surface area (Å²) >= 11 is 0. The lowest BCUT2D eigenvalue weighted by atomic mass is 10.2. The normalized spacial score (nSPS) is 10.6. The molecule has 0 radical (unpaired) electrons. The quantitative estimate of drug-likeness (QED) is 0.783.